The van der Waals surface area contributed by atoms with Crippen molar-refractivity contribution in [1.82, 2.24) is 20.2 Å². The number of amides is 2. The Morgan fingerprint density at radius 3 is 2.69 bits per heavy atom. The number of rotatable bonds is 6. The van der Waals surface area contributed by atoms with Crippen LogP contribution in [0.1, 0.15) is 41.0 Å². The third-order valence-corrected chi connectivity index (χ3v) is 5.69. The second kappa shape index (κ2) is 9.33. The molecule has 2 heterocycles. The summed E-state index contributed by atoms with van der Waals surface area (Å²) in [6.45, 7) is 1.10. The van der Waals surface area contributed by atoms with Gasteiger partial charge in [-0.05, 0) is 37.1 Å². The van der Waals surface area contributed by atoms with Crippen molar-refractivity contribution in [3.05, 3.63) is 59.4 Å². The molecule has 9 heteroatoms. The lowest BCUT2D eigenvalue weighted by Gasteiger charge is -2.32. The van der Waals surface area contributed by atoms with Crippen LogP contribution in [0.3, 0.4) is 0 Å². The number of carbonyl (C=O) groups is 2. The minimum atomic E-state index is -2.70. The quantitative estimate of drug-likeness (QED) is 0.612. The first-order valence-corrected chi connectivity index (χ1v) is 10.4. The Morgan fingerprint density at radius 2 is 1.97 bits per heavy atom. The Balaban J connectivity index is 1.32. The van der Waals surface area contributed by atoms with Crippen LogP contribution >= 0.6 is 0 Å². The zero-order valence-corrected chi connectivity index (χ0v) is 17.6. The van der Waals surface area contributed by atoms with Crippen LogP contribution in [0.15, 0.2) is 42.5 Å². The number of nitrogens with one attached hydrogen (secondary N) is 2. The van der Waals surface area contributed by atoms with E-state index in [0.717, 1.165) is 5.56 Å². The SMILES string of the molecule is COc1ccccc1CC(=O)N1CCC(NC(=O)c2ccc3nc(C(F)F)[nH]c3c2)CC1. The number of nitrogens with zero attached hydrogens (tertiary/aromatic N) is 2. The van der Waals surface area contributed by atoms with E-state index < -0.39 is 12.2 Å². The summed E-state index contributed by atoms with van der Waals surface area (Å²) in [5.41, 5.74) is 2.00. The van der Waals surface area contributed by atoms with Crippen LogP contribution in [0.4, 0.5) is 8.78 Å². The molecule has 1 aliphatic rings. The predicted molar refractivity (Wildman–Crippen MR) is 115 cm³/mol. The summed E-state index contributed by atoms with van der Waals surface area (Å²) in [4.78, 5) is 33.5. The lowest BCUT2D eigenvalue weighted by Crippen LogP contribution is -2.47. The first-order valence-electron chi connectivity index (χ1n) is 10.4. The molecule has 1 fully saturated rings. The molecule has 2 aromatic carbocycles. The fourth-order valence-electron chi connectivity index (χ4n) is 3.94. The number of halogens is 2. The van der Waals surface area contributed by atoms with Gasteiger partial charge in [0.15, 0.2) is 5.82 Å². The summed E-state index contributed by atoms with van der Waals surface area (Å²) in [6.07, 6.45) is -1.14. The van der Waals surface area contributed by atoms with Crippen LogP contribution in [0.5, 0.6) is 5.75 Å². The van der Waals surface area contributed by atoms with Crippen molar-refractivity contribution < 1.29 is 23.1 Å². The first kappa shape index (κ1) is 21.7. The molecule has 7 nitrogen and oxygen atoms in total. The smallest absolute Gasteiger partial charge is 0.295 e. The molecule has 1 aliphatic heterocycles. The number of para-hydroxylation sites is 1. The highest BCUT2D eigenvalue weighted by atomic mass is 19.3. The van der Waals surface area contributed by atoms with Crippen LogP contribution in [0.2, 0.25) is 0 Å². The van der Waals surface area contributed by atoms with Gasteiger partial charge in [0, 0.05) is 30.3 Å². The molecule has 0 aliphatic carbocycles. The summed E-state index contributed by atoms with van der Waals surface area (Å²) < 4.78 is 30.9. The van der Waals surface area contributed by atoms with E-state index in [4.69, 9.17) is 4.74 Å². The molecule has 3 aromatic rings. The Bertz CT molecular complexity index is 1120. The van der Waals surface area contributed by atoms with Crippen molar-refractivity contribution in [2.75, 3.05) is 20.2 Å². The molecule has 0 saturated carbocycles. The van der Waals surface area contributed by atoms with Crippen LogP contribution in [0.25, 0.3) is 11.0 Å². The highest BCUT2D eigenvalue weighted by Gasteiger charge is 2.25. The van der Waals surface area contributed by atoms with Crippen molar-refractivity contribution in [1.29, 1.82) is 0 Å². The minimum Gasteiger partial charge on any atom is -0.496 e. The first-order chi connectivity index (χ1) is 15.4. The van der Waals surface area contributed by atoms with Crippen LogP contribution in [0, 0.1) is 0 Å². The average molecular weight is 442 g/mol. The van der Waals surface area contributed by atoms with Crippen LogP contribution < -0.4 is 10.1 Å². The van der Waals surface area contributed by atoms with Crippen molar-refractivity contribution >= 4 is 22.8 Å². The Hall–Kier alpha value is -3.49. The van der Waals surface area contributed by atoms with Gasteiger partial charge in [0.2, 0.25) is 5.91 Å². The highest BCUT2D eigenvalue weighted by molar-refractivity contribution is 5.97. The third-order valence-electron chi connectivity index (χ3n) is 5.69. The number of aromatic amines is 1. The van der Waals surface area contributed by atoms with E-state index >= 15 is 0 Å². The van der Waals surface area contributed by atoms with Gasteiger partial charge in [-0.2, -0.15) is 0 Å². The predicted octanol–water partition coefficient (Wildman–Crippen LogP) is 3.47. The zero-order chi connectivity index (χ0) is 22.7. The molecule has 0 spiro atoms. The maximum atomic E-state index is 12.8. The van der Waals surface area contributed by atoms with Gasteiger partial charge in [-0.15, -0.1) is 0 Å². The lowest BCUT2D eigenvalue weighted by molar-refractivity contribution is -0.131. The Kier molecular flexibility index (Phi) is 6.34. The summed E-state index contributed by atoms with van der Waals surface area (Å²) in [6, 6.07) is 12.0. The number of carbonyl (C=O) groups excluding carboxylic acids is 2. The van der Waals surface area contributed by atoms with Gasteiger partial charge in [0.1, 0.15) is 5.75 Å². The van der Waals surface area contributed by atoms with E-state index in [1.807, 2.05) is 24.3 Å². The standard InChI is InChI=1S/C23H24F2N4O3/c1-32-19-5-3-2-4-14(19)13-20(30)29-10-8-16(9-11-29)26-23(31)15-6-7-17-18(12-15)28-22(27-17)21(24)25/h2-7,12,16,21H,8-11,13H2,1H3,(H,26,31)(H,27,28). The van der Waals surface area contributed by atoms with Crippen molar-refractivity contribution in [3.8, 4) is 5.75 Å². The number of aromatic nitrogens is 2. The molecule has 0 unspecified atom stereocenters. The van der Waals surface area contributed by atoms with E-state index in [9.17, 15) is 18.4 Å². The van der Waals surface area contributed by atoms with Gasteiger partial charge in [0.05, 0.1) is 24.6 Å². The fourth-order valence-corrected chi connectivity index (χ4v) is 3.94. The topological polar surface area (TPSA) is 87.3 Å². The average Bonchev–Trinajstić information content (AvgIpc) is 3.24. The molecule has 1 aromatic heterocycles. The van der Waals surface area contributed by atoms with Gasteiger partial charge in [-0.25, -0.2) is 13.8 Å². The van der Waals surface area contributed by atoms with E-state index in [2.05, 4.69) is 15.3 Å². The molecule has 4 rings (SSSR count). The Labute approximate surface area is 183 Å². The number of ether oxygens (including phenoxy) is 1. The van der Waals surface area contributed by atoms with E-state index in [-0.39, 0.29) is 24.3 Å². The summed E-state index contributed by atoms with van der Waals surface area (Å²) in [7, 11) is 1.58. The van der Waals surface area contributed by atoms with Gasteiger partial charge < -0.3 is 19.9 Å². The summed E-state index contributed by atoms with van der Waals surface area (Å²) >= 11 is 0. The normalized spacial score (nSPS) is 14.7. The number of piperidine rings is 1. The van der Waals surface area contributed by atoms with Crippen molar-refractivity contribution in [2.24, 2.45) is 0 Å². The number of hydrogen-bond acceptors (Lipinski definition) is 4. The largest absolute Gasteiger partial charge is 0.496 e. The fraction of sp³-hybridized carbons (Fsp3) is 0.348. The number of imidazole rings is 1. The Morgan fingerprint density at radius 1 is 1.22 bits per heavy atom. The highest BCUT2D eigenvalue weighted by Crippen LogP contribution is 2.22. The molecule has 1 saturated heterocycles. The van der Waals surface area contributed by atoms with Crippen molar-refractivity contribution in [3.63, 3.8) is 0 Å². The molecule has 32 heavy (non-hydrogen) atoms. The molecule has 0 atom stereocenters. The lowest BCUT2D eigenvalue weighted by atomic mass is 10.0. The number of alkyl halides is 2. The van der Waals surface area contributed by atoms with Gasteiger partial charge in [-0.3, -0.25) is 9.59 Å². The van der Waals surface area contributed by atoms with Gasteiger partial charge in [0.25, 0.3) is 12.3 Å². The number of fused-ring (bicyclic) bond motifs is 1. The number of methoxy groups -OCH3 is 1. The number of likely N-dealkylation sites (tertiary alicyclic amines) is 1. The monoisotopic (exact) mass is 442 g/mol. The van der Waals surface area contributed by atoms with Crippen LogP contribution in [-0.4, -0.2) is 52.9 Å². The molecular formula is C23H24F2N4O3. The molecular weight excluding hydrogens is 418 g/mol. The van der Waals surface area contributed by atoms with E-state index in [1.165, 1.54) is 6.07 Å². The maximum absolute atomic E-state index is 12.8. The van der Waals surface area contributed by atoms with Crippen LogP contribution in [-0.2, 0) is 11.2 Å². The molecule has 168 valence electrons. The molecule has 2 amide bonds. The number of benzene rings is 2. The second-order valence-corrected chi connectivity index (χ2v) is 7.77. The van der Waals surface area contributed by atoms with Gasteiger partial charge in [-0.1, -0.05) is 18.2 Å². The van der Waals surface area contributed by atoms with Crippen molar-refractivity contribution in [2.45, 2.75) is 31.7 Å². The summed E-state index contributed by atoms with van der Waals surface area (Å²) in [5.74, 6) is 0.0262. The molecule has 0 bridgehead atoms. The summed E-state index contributed by atoms with van der Waals surface area (Å²) in [5, 5.41) is 2.98. The third kappa shape index (κ3) is 4.71. The van der Waals surface area contributed by atoms with E-state index in [0.29, 0.717) is 48.3 Å². The minimum absolute atomic E-state index is 0.0267. The zero-order valence-electron chi connectivity index (χ0n) is 17.6. The molecule has 0 radical (unpaired) electrons. The maximum Gasteiger partial charge on any atom is 0.295 e. The molecule has 2 N–H and O–H groups in total. The number of H-pyrrole nitrogens is 1. The van der Waals surface area contributed by atoms with Gasteiger partial charge >= 0.3 is 0 Å². The van der Waals surface area contributed by atoms with E-state index in [1.54, 1.807) is 24.1 Å². The number of hydrogen-bond donors (Lipinski definition) is 2. The second-order valence-electron chi connectivity index (χ2n) is 7.77.